The predicted molar refractivity (Wildman–Crippen MR) is 104 cm³/mol. The zero-order valence-corrected chi connectivity index (χ0v) is 17.2. The number of rotatable bonds is 5. The molecule has 2 aromatic rings. The molecule has 0 spiro atoms. The molecule has 0 bridgehead atoms. The molecule has 29 heavy (non-hydrogen) atoms. The number of carbonyl (C=O) groups excluding carboxylic acids is 2. The van der Waals surface area contributed by atoms with Crippen LogP contribution in [0.25, 0.3) is 0 Å². The molecule has 1 aliphatic heterocycles. The Hall–Kier alpha value is -2.74. The molecule has 1 amide bonds. The second-order valence-corrected chi connectivity index (χ2v) is 8.94. The minimum absolute atomic E-state index is 0.0250. The van der Waals surface area contributed by atoms with E-state index in [0.29, 0.717) is 9.87 Å². The minimum Gasteiger partial charge on any atom is -0.464 e. The summed E-state index contributed by atoms with van der Waals surface area (Å²) in [4.78, 5) is 25.8. The Labute approximate surface area is 169 Å². The molecular weight excluding hydrogens is 397 g/mol. The zero-order valence-electron chi connectivity index (χ0n) is 16.4. The third-order valence-corrected chi connectivity index (χ3v) is 7.16. The maximum atomic E-state index is 13.4. The number of hydrogen-bond donors (Lipinski definition) is 0. The highest BCUT2D eigenvalue weighted by Gasteiger charge is 2.60. The van der Waals surface area contributed by atoms with Crippen LogP contribution in [0.1, 0.15) is 37.3 Å². The Bertz CT molecular complexity index is 1030. The topological polar surface area (TPSA) is 80.8 Å². The second-order valence-electron chi connectivity index (χ2n) is 7.15. The van der Waals surface area contributed by atoms with E-state index in [4.69, 9.17) is 4.74 Å². The fraction of sp³-hybridized carbons (Fsp3) is 0.333. The molecule has 0 unspecified atom stereocenters. The van der Waals surface area contributed by atoms with Crippen molar-refractivity contribution in [2.75, 3.05) is 6.61 Å². The molecule has 8 heteroatoms. The molecule has 1 aliphatic rings. The van der Waals surface area contributed by atoms with Gasteiger partial charge in [-0.05, 0) is 50.6 Å². The molecule has 0 aromatic heterocycles. The maximum absolute atomic E-state index is 13.4. The summed E-state index contributed by atoms with van der Waals surface area (Å²) in [7, 11) is -4.32. The van der Waals surface area contributed by atoms with Gasteiger partial charge in [0.2, 0.25) is 5.91 Å². The van der Waals surface area contributed by atoms with E-state index >= 15 is 0 Å². The van der Waals surface area contributed by atoms with Gasteiger partial charge in [0, 0.05) is 12.3 Å². The summed E-state index contributed by atoms with van der Waals surface area (Å²) in [6.07, 6.45) is -0.216. The number of hydrogen-bond acceptors (Lipinski definition) is 5. The molecule has 1 heterocycles. The average molecular weight is 419 g/mol. The molecule has 0 N–H and O–H groups in total. The molecule has 6 nitrogen and oxygen atoms in total. The largest absolute Gasteiger partial charge is 0.464 e. The fourth-order valence-electron chi connectivity index (χ4n) is 3.70. The van der Waals surface area contributed by atoms with Crippen molar-refractivity contribution in [1.82, 2.24) is 4.31 Å². The van der Waals surface area contributed by atoms with Crippen LogP contribution in [0.2, 0.25) is 0 Å². The Kier molecular flexibility index (Phi) is 5.49. The normalized spacial score (nSPS) is 22.0. The van der Waals surface area contributed by atoms with Gasteiger partial charge in [-0.3, -0.25) is 4.79 Å². The first-order valence-corrected chi connectivity index (χ1v) is 10.6. The lowest BCUT2D eigenvalue weighted by Gasteiger charge is -2.36. The molecular formula is C21H22FNO5S. The molecule has 1 saturated heterocycles. The van der Waals surface area contributed by atoms with Crippen LogP contribution in [0.4, 0.5) is 4.39 Å². The fourth-order valence-corrected chi connectivity index (χ4v) is 5.43. The van der Waals surface area contributed by atoms with E-state index in [1.807, 2.05) is 6.92 Å². The smallest absolute Gasteiger partial charge is 0.333 e. The van der Waals surface area contributed by atoms with Gasteiger partial charge >= 0.3 is 5.97 Å². The van der Waals surface area contributed by atoms with Crippen molar-refractivity contribution in [3.05, 3.63) is 65.5 Å². The summed E-state index contributed by atoms with van der Waals surface area (Å²) in [6, 6.07) is 11.4. The van der Waals surface area contributed by atoms with Crippen LogP contribution in [0.5, 0.6) is 0 Å². The van der Waals surface area contributed by atoms with Crippen LogP contribution >= 0.6 is 0 Å². The number of ether oxygens (including phenoxy) is 1. The number of halogens is 1. The van der Waals surface area contributed by atoms with Crippen molar-refractivity contribution in [3.63, 3.8) is 0 Å². The standard InChI is InChI=1S/C21H22FNO5S/c1-4-28-20(25)21(3)18(15-7-9-16(22)10-8-15)13-19(24)23(21)29(26,27)17-11-5-14(2)6-12-17/h5-12,18H,4,13H2,1-3H3/t18-,21+/m1/s1. The second kappa shape index (κ2) is 7.59. The monoisotopic (exact) mass is 419 g/mol. The highest BCUT2D eigenvalue weighted by atomic mass is 32.2. The van der Waals surface area contributed by atoms with E-state index in [1.165, 1.54) is 43.3 Å². The van der Waals surface area contributed by atoms with Gasteiger partial charge in [0.15, 0.2) is 5.54 Å². The first-order chi connectivity index (χ1) is 13.6. The molecule has 3 rings (SSSR count). The van der Waals surface area contributed by atoms with Gasteiger partial charge in [-0.2, -0.15) is 0 Å². The SMILES string of the molecule is CCOC(=O)[C@]1(C)[C@@H](c2ccc(F)cc2)CC(=O)N1S(=O)(=O)c1ccc(C)cc1. The summed E-state index contributed by atoms with van der Waals surface area (Å²) >= 11 is 0. The van der Waals surface area contributed by atoms with Crippen molar-refractivity contribution in [2.45, 2.75) is 43.5 Å². The molecule has 2 atom stereocenters. The van der Waals surface area contributed by atoms with Crippen molar-refractivity contribution < 1.29 is 27.1 Å². The van der Waals surface area contributed by atoms with E-state index in [1.54, 1.807) is 19.1 Å². The molecule has 2 aromatic carbocycles. The first-order valence-electron chi connectivity index (χ1n) is 9.20. The molecule has 154 valence electrons. The van der Waals surface area contributed by atoms with Crippen LogP contribution in [-0.2, 0) is 24.3 Å². The first kappa shape index (κ1) is 21.0. The summed E-state index contributed by atoms with van der Waals surface area (Å²) < 4.78 is 45.9. The van der Waals surface area contributed by atoms with Gasteiger partial charge in [0.25, 0.3) is 10.0 Å². The van der Waals surface area contributed by atoms with Crippen LogP contribution in [0.15, 0.2) is 53.4 Å². The van der Waals surface area contributed by atoms with Gasteiger partial charge in [-0.1, -0.05) is 29.8 Å². The lowest BCUT2D eigenvalue weighted by molar-refractivity contribution is -0.155. The van der Waals surface area contributed by atoms with E-state index in [9.17, 15) is 22.4 Å². The zero-order chi connectivity index (χ0) is 21.4. The summed E-state index contributed by atoms with van der Waals surface area (Å²) in [5.74, 6) is -2.82. The Morgan fingerprint density at radius 1 is 1.17 bits per heavy atom. The highest BCUT2D eigenvalue weighted by Crippen LogP contribution is 2.46. The lowest BCUT2D eigenvalue weighted by atomic mass is 9.82. The van der Waals surface area contributed by atoms with Crippen LogP contribution in [-0.4, -0.2) is 36.7 Å². The number of nitrogens with zero attached hydrogens (tertiary/aromatic N) is 1. The number of amides is 1. The number of carbonyl (C=O) groups is 2. The maximum Gasteiger partial charge on any atom is 0.333 e. The summed E-state index contributed by atoms with van der Waals surface area (Å²) in [5, 5.41) is 0. The van der Waals surface area contributed by atoms with Crippen molar-refractivity contribution in [3.8, 4) is 0 Å². The summed E-state index contributed by atoms with van der Waals surface area (Å²) in [6.45, 7) is 4.82. The Morgan fingerprint density at radius 2 is 1.76 bits per heavy atom. The number of benzene rings is 2. The van der Waals surface area contributed by atoms with Gasteiger partial charge in [-0.15, -0.1) is 0 Å². The quantitative estimate of drug-likeness (QED) is 0.696. The third kappa shape index (κ3) is 3.53. The Balaban J connectivity index is 2.16. The predicted octanol–water partition coefficient (Wildman–Crippen LogP) is 3.16. The van der Waals surface area contributed by atoms with Gasteiger partial charge < -0.3 is 4.74 Å². The van der Waals surface area contributed by atoms with Crippen LogP contribution in [0, 0.1) is 12.7 Å². The number of sulfonamides is 1. The van der Waals surface area contributed by atoms with Crippen LogP contribution in [0.3, 0.4) is 0 Å². The van der Waals surface area contributed by atoms with Gasteiger partial charge in [0.05, 0.1) is 11.5 Å². The van der Waals surface area contributed by atoms with E-state index < -0.39 is 39.2 Å². The molecule has 0 radical (unpaired) electrons. The highest BCUT2D eigenvalue weighted by molar-refractivity contribution is 7.89. The average Bonchev–Trinajstić information content (AvgIpc) is 2.95. The Morgan fingerprint density at radius 3 is 2.31 bits per heavy atom. The van der Waals surface area contributed by atoms with Gasteiger partial charge in [-0.25, -0.2) is 21.9 Å². The van der Waals surface area contributed by atoms with Crippen molar-refractivity contribution in [2.24, 2.45) is 0 Å². The van der Waals surface area contributed by atoms with Crippen molar-refractivity contribution >= 4 is 21.9 Å². The van der Waals surface area contributed by atoms with E-state index in [2.05, 4.69) is 0 Å². The molecule has 0 aliphatic carbocycles. The summed E-state index contributed by atoms with van der Waals surface area (Å²) in [5.41, 5.74) is -0.458. The van der Waals surface area contributed by atoms with Gasteiger partial charge in [0.1, 0.15) is 5.82 Å². The lowest BCUT2D eigenvalue weighted by Crippen LogP contribution is -2.55. The van der Waals surface area contributed by atoms with E-state index in [0.717, 1.165) is 5.56 Å². The molecule has 1 fully saturated rings. The number of esters is 1. The van der Waals surface area contributed by atoms with Crippen molar-refractivity contribution in [1.29, 1.82) is 0 Å². The molecule has 0 saturated carbocycles. The van der Waals surface area contributed by atoms with E-state index in [-0.39, 0.29) is 17.9 Å². The third-order valence-electron chi connectivity index (χ3n) is 5.23. The minimum atomic E-state index is -4.32. The van der Waals surface area contributed by atoms with Crippen LogP contribution < -0.4 is 0 Å². The number of aryl methyl sites for hydroxylation is 1.